The molecule has 0 aromatic rings. The van der Waals surface area contributed by atoms with Gasteiger partial charge in [-0.1, -0.05) is 77.4 Å². The molecule has 5 heteroatoms. The van der Waals surface area contributed by atoms with E-state index in [1.165, 1.54) is 64.2 Å². The molecule has 0 N–H and O–H groups in total. The van der Waals surface area contributed by atoms with Crippen LogP contribution in [0.3, 0.4) is 0 Å². The van der Waals surface area contributed by atoms with E-state index in [1.807, 2.05) is 6.92 Å². The van der Waals surface area contributed by atoms with E-state index >= 15 is 0 Å². The lowest BCUT2D eigenvalue weighted by atomic mass is 9.82. The van der Waals surface area contributed by atoms with Crippen molar-refractivity contribution in [2.45, 2.75) is 142 Å². The molecule has 196 valence electrons. The van der Waals surface area contributed by atoms with Gasteiger partial charge in [-0.25, -0.2) is 0 Å². The Morgan fingerprint density at radius 2 is 1.15 bits per heavy atom. The maximum atomic E-state index is 12.6. The van der Waals surface area contributed by atoms with E-state index in [9.17, 15) is 9.59 Å². The van der Waals surface area contributed by atoms with Crippen molar-refractivity contribution < 1.29 is 23.8 Å². The van der Waals surface area contributed by atoms with Gasteiger partial charge in [0, 0.05) is 18.8 Å². The number of fused-ring (bicyclic) bond motifs is 1. The Bertz CT molecular complexity index is 601. The van der Waals surface area contributed by atoms with Crippen LogP contribution in [0.15, 0.2) is 12.2 Å². The summed E-state index contributed by atoms with van der Waals surface area (Å²) in [5.41, 5.74) is 0. The van der Waals surface area contributed by atoms with E-state index in [2.05, 4.69) is 26.0 Å². The van der Waals surface area contributed by atoms with E-state index < -0.39 is 6.10 Å². The van der Waals surface area contributed by atoms with Crippen LogP contribution in [-0.2, 0) is 23.8 Å². The van der Waals surface area contributed by atoms with E-state index in [0.29, 0.717) is 12.8 Å². The molecule has 0 unspecified atom stereocenters. The molecule has 0 spiro atoms. The first-order valence-electron chi connectivity index (χ1n) is 14.1. The molecular formula is C29H50O5. The van der Waals surface area contributed by atoms with Crippen LogP contribution in [0.4, 0.5) is 0 Å². The van der Waals surface area contributed by atoms with Gasteiger partial charge in [0.05, 0.1) is 6.10 Å². The van der Waals surface area contributed by atoms with Crippen LogP contribution in [0.1, 0.15) is 124 Å². The summed E-state index contributed by atoms with van der Waals surface area (Å²) in [5, 5.41) is 0. The Labute approximate surface area is 208 Å². The highest BCUT2D eigenvalue weighted by molar-refractivity contribution is 5.70. The lowest BCUT2D eigenvalue weighted by Crippen LogP contribution is -2.52. The van der Waals surface area contributed by atoms with Crippen molar-refractivity contribution in [2.24, 2.45) is 11.8 Å². The average molecular weight is 479 g/mol. The van der Waals surface area contributed by atoms with Crippen LogP contribution in [0.25, 0.3) is 0 Å². The molecule has 5 atom stereocenters. The van der Waals surface area contributed by atoms with Gasteiger partial charge in [0.2, 0.25) is 0 Å². The van der Waals surface area contributed by atoms with Crippen LogP contribution in [0, 0.1) is 11.8 Å². The second kappa shape index (κ2) is 17.1. The first-order chi connectivity index (χ1) is 16.5. The number of hydrogen-bond donors (Lipinski definition) is 0. The predicted molar refractivity (Wildman–Crippen MR) is 137 cm³/mol. The fraction of sp³-hybridized carbons (Fsp3) is 0.862. The lowest BCUT2D eigenvalue weighted by Gasteiger charge is -2.43. The molecule has 2 aliphatic heterocycles. The van der Waals surface area contributed by atoms with E-state index in [0.717, 1.165) is 25.7 Å². The highest BCUT2D eigenvalue weighted by Gasteiger charge is 2.42. The Balaban J connectivity index is 1.87. The second-order valence-corrected chi connectivity index (χ2v) is 10.5. The quantitative estimate of drug-likeness (QED) is 0.270. The molecule has 0 aromatic heterocycles. The Hall–Kier alpha value is -1.36. The minimum atomic E-state index is -0.391. The SMILES string of the molecule is C[C@@H]1[C@@H](C)[C@H](C)O[C@@H]2COC(=O)CCCCCCCC/C=C/CCCCCCCCC(=O)O[C@@H]12. The molecule has 2 heterocycles. The van der Waals surface area contributed by atoms with Gasteiger partial charge in [0.15, 0.2) is 0 Å². The van der Waals surface area contributed by atoms with Crippen molar-refractivity contribution in [1.82, 2.24) is 0 Å². The smallest absolute Gasteiger partial charge is 0.306 e. The number of hydrogen-bond acceptors (Lipinski definition) is 5. The van der Waals surface area contributed by atoms with Gasteiger partial charge in [0.25, 0.3) is 0 Å². The summed E-state index contributed by atoms with van der Waals surface area (Å²) in [4.78, 5) is 24.9. The number of carbonyl (C=O) groups excluding carboxylic acids is 2. The van der Waals surface area contributed by atoms with E-state index in [-0.39, 0.29) is 42.6 Å². The summed E-state index contributed by atoms with van der Waals surface area (Å²) in [6, 6.07) is 0. The molecule has 0 radical (unpaired) electrons. The zero-order valence-electron chi connectivity index (χ0n) is 22.1. The molecule has 0 aromatic carbocycles. The van der Waals surface area contributed by atoms with Crippen molar-refractivity contribution in [3.05, 3.63) is 12.2 Å². The fourth-order valence-corrected chi connectivity index (χ4v) is 5.03. The van der Waals surface area contributed by atoms with Gasteiger partial charge in [-0.2, -0.15) is 0 Å². The van der Waals surface area contributed by atoms with Gasteiger partial charge in [-0.05, 0) is 51.4 Å². The number of allylic oxidation sites excluding steroid dienone is 2. The zero-order chi connectivity index (χ0) is 24.6. The highest BCUT2D eigenvalue weighted by Crippen LogP contribution is 2.33. The monoisotopic (exact) mass is 478 g/mol. The summed E-state index contributed by atoms with van der Waals surface area (Å²) in [7, 11) is 0. The molecule has 2 aliphatic rings. The normalized spacial score (nSPS) is 33.9. The highest BCUT2D eigenvalue weighted by atomic mass is 16.6. The molecular weight excluding hydrogens is 428 g/mol. The number of rotatable bonds is 0. The van der Waals surface area contributed by atoms with Crippen molar-refractivity contribution >= 4 is 11.9 Å². The Morgan fingerprint density at radius 1 is 0.647 bits per heavy atom. The van der Waals surface area contributed by atoms with Crippen LogP contribution in [0.5, 0.6) is 0 Å². The summed E-state index contributed by atoms with van der Waals surface area (Å²) >= 11 is 0. The van der Waals surface area contributed by atoms with E-state index in [1.54, 1.807) is 0 Å². The van der Waals surface area contributed by atoms with Crippen LogP contribution in [-0.4, -0.2) is 36.9 Å². The third-order valence-corrected chi connectivity index (χ3v) is 7.69. The minimum absolute atomic E-state index is 0.0416. The molecule has 0 amide bonds. The average Bonchev–Trinajstić information content (AvgIpc) is 2.82. The Morgan fingerprint density at radius 3 is 1.74 bits per heavy atom. The van der Waals surface area contributed by atoms with Crippen LogP contribution in [0.2, 0.25) is 0 Å². The summed E-state index contributed by atoms with van der Waals surface area (Å²) in [6.45, 7) is 6.45. The third-order valence-electron chi connectivity index (χ3n) is 7.69. The fourth-order valence-electron chi connectivity index (χ4n) is 5.03. The van der Waals surface area contributed by atoms with Crippen molar-refractivity contribution in [1.29, 1.82) is 0 Å². The lowest BCUT2D eigenvalue weighted by molar-refractivity contribution is -0.204. The van der Waals surface area contributed by atoms with Gasteiger partial charge in [-0.3, -0.25) is 9.59 Å². The molecule has 2 rings (SSSR count). The van der Waals surface area contributed by atoms with Crippen LogP contribution >= 0.6 is 0 Å². The third kappa shape index (κ3) is 11.4. The maximum absolute atomic E-state index is 12.6. The van der Waals surface area contributed by atoms with Crippen LogP contribution < -0.4 is 0 Å². The molecule has 0 aliphatic carbocycles. The van der Waals surface area contributed by atoms with Gasteiger partial charge >= 0.3 is 11.9 Å². The molecule has 0 bridgehead atoms. The zero-order valence-corrected chi connectivity index (χ0v) is 22.1. The first-order valence-corrected chi connectivity index (χ1v) is 14.1. The molecule has 0 saturated carbocycles. The molecule has 1 fully saturated rings. The molecule has 5 nitrogen and oxygen atoms in total. The summed E-state index contributed by atoms with van der Waals surface area (Å²) < 4.78 is 17.6. The topological polar surface area (TPSA) is 61.8 Å². The van der Waals surface area contributed by atoms with Crippen molar-refractivity contribution in [3.8, 4) is 0 Å². The number of esters is 2. The standard InChI is InChI=1S/C29H50O5/c1-23-24(2)29-26(33-25(23)3)22-32-27(30)20-18-16-14-12-10-8-6-4-5-7-9-11-13-15-17-19-21-28(31)34-29/h4-5,23-26,29H,6-22H2,1-3H3/b5-4+/t23-,24-,25+,26-,29+/m1/s1. The summed E-state index contributed by atoms with van der Waals surface area (Å²) in [6.07, 6.45) is 21.0. The van der Waals surface area contributed by atoms with Crippen molar-refractivity contribution in [3.63, 3.8) is 0 Å². The maximum Gasteiger partial charge on any atom is 0.306 e. The van der Waals surface area contributed by atoms with Gasteiger partial charge < -0.3 is 14.2 Å². The Kier molecular flexibility index (Phi) is 14.5. The van der Waals surface area contributed by atoms with E-state index in [4.69, 9.17) is 14.2 Å². The number of carbonyl (C=O) groups is 2. The largest absolute Gasteiger partial charge is 0.463 e. The number of ether oxygens (including phenoxy) is 3. The van der Waals surface area contributed by atoms with Crippen molar-refractivity contribution in [2.75, 3.05) is 6.61 Å². The minimum Gasteiger partial charge on any atom is -0.463 e. The molecule has 34 heavy (non-hydrogen) atoms. The predicted octanol–water partition coefficient (Wildman–Crippen LogP) is 7.31. The second-order valence-electron chi connectivity index (χ2n) is 10.5. The first kappa shape index (κ1) is 28.9. The summed E-state index contributed by atoms with van der Waals surface area (Å²) in [5.74, 6) is 0.0983. The molecule has 1 saturated heterocycles. The van der Waals surface area contributed by atoms with Gasteiger partial charge in [0.1, 0.15) is 18.8 Å². The van der Waals surface area contributed by atoms with Gasteiger partial charge in [-0.15, -0.1) is 0 Å². The number of cyclic esters (lactones) is 1.